The van der Waals surface area contributed by atoms with Gasteiger partial charge in [0.2, 0.25) is 0 Å². The summed E-state index contributed by atoms with van der Waals surface area (Å²) in [4.78, 5) is 8.22. The predicted octanol–water partition coefficient (Wildman–Crippen LogP) is 7.37. The van der Waals surface area contributed by atoms with Crippen molar-refractivity contribution >= 4 is 34.8 Å². The van der Waals surface area contributed by atoms with Crippen LogP contribution in [0.4, 0.5) is 0 Å². The lowest BCUT2D eigenvalue weighted by Gasteiger charge is -2.04. The number of aromatic amines is 1. The molecule has 26 heavy (non-hydrogen) atoms. The predicted molar refractivity (Wildman–Crippen MR) is 110 cm³/mol. The number of H-pyrrole nitrogens is 1. The van der Waals surface area contributed by atoms with Gasteiger partial charge in [0.25, 0.3) is 0 Å². The number of aromatic nitrogens is 2. The molecule has 1 aromatic heterocycles. The molecule has 4 rings (SSSR count). The second-order valence-electron chi connectivity index (χ2n) is 5.81. The molecular formula is C21H13Cl3N2. The molecule has 0 amide bonds. The summed E-state index contributed by atoms with van der Waals surface area (Å²) >= 11 is 18.7. The highest BCUT2D eigenvalue weighted by molar-refractivity contribution is 6.33. The Labute approximate surface area is 166 Å². The third-order valence-electron chi connectivity index (χ3n) is 4.04. The highest BCUT2D eigenvalue weighted by atomic mass is 35.5. The molecular weight excluding hydrogens is 387 g/mol. The third kappa shape index (κ3) is 3.36. The Morgan fingerprint density at radius 2 is 1.35 bits per heavy atom. The summed E-state index contributed by atoms with van der Waals surface area (Å²) in [5.74, 6) is 0.695. The molecule has 2 nitrogen and oxygen atoms in total. The summed E-state index contributed by atoms with van der Waals surface area (Å²) in [5.41, 5.74) is 4.36. The van der Waals surface area contributed by atoms with E-state index in [1.54, 1.807) is 0 Å². The molecule has 0 aliphatic rings. The molecule has 0 saturated heterocycles. The zero-order chi connectivity index (χ0) is 18.1. The molecule has 0 fully saturated rings. The Balaban J connectivity index is 1.95. The van der Waals surface area contributed by atoms with E-state index in [2.05, 4.69) is 4.98 Å². The number of nitrogens with one attached hydrogen (secondary N) is 1. The maximum Gasteiger partial charge on any atom is 0.140 e. The Bertz CT molecular complexity index is 1020. The lowest BCUT2D eigenvalue weighted by molar-refractivity contribution is 1.31. The quantitative estimate of drug-likeness (QED) is 0.383. The van der Waals surface area contributed by atoms with Crippen molar-refractivity contribution in [2.75, 3.05) is 0 Å². The molecule has 0 atom stereocenters. The number of rotatable bonds is 3. The topological polar surface area (TPSA) is 28.7 Å². The first kappa shape index (κ1) is 17.2. The van der Waals surface area contributed by atoms with Crippen LogP contribution >= 0.6 is 34.8 Å². The average Bonchev–Trinajstić information content (AvgIpc) is 3.07. The van der Waals surface area contributed by atoms with Gasteiger partial charge in [-0.15, -0.1) is 0 Å². The molecule has 0 spiro atoms. The van der Waals surface area contributed by atoms with Gasteiger partial charge in [-0.25, -0.2) is 4.98 Å². The van der Waals surface area contributed by atoms with E-state index in [1.807, 2.05) is 72.8 Å². The van der Waals surface area contributed by atoms with Crippen LogP contribution in [-0.2, 0) is 0 Å². The summed E-state index contributed by atoms with van der Waals surface area (Å²) < 4.78 is 0. The fourth-order valence-electron chi connectivity index (χ4n) is 2.85. The van der Waals surface area contributed by atoms with Gasteiger partial charge in [0.05, 0.1) is 16.4 Å². The molecule has 0 aliphatic carbocycles. The Morgan fingerprint density at radius 3 is 2.04 bits per heavy atom. The summed E-state index contributed by atoms with van der Waals surface area (Å²) in [7, 11) is 0. The lowest BCUT2D eigenvalue weighted by Crippen LogP contribution is -1.84. The van der Waals surface area contributed by atoms with Gasteiger partial charge in [0.1, 0.15) is 5.82 Å². The van der Waals surface area contributed by atoms with Crippen LogP contribution in [-0.4, -0.2) is 9.97 Å². The summed E-state index contributed by atoms with van der Waals surface area (Å²) in [5, 5.41) is 1.95. The van der Waals surface area contributed by atoms with Gasteiger partial charge >= 0.3 is 0 Å². The van der Waals surface area contributed by atoms with Crippen molar-refractivity contribution in [1.29, 1.82) is 0 Å². The van der Waals surface area contributed by atoms with E-state index in [-0.39, 0.29) is 0 Å². The molecule has 4 aromatic rings. The molecule has 1 N–H and O–H groups in total. The Hall–Kier alpha value is -2.26. The maximum atomic E-state index is 6.36. The van der Waals surface area contributed by atoms with Gasteiger partial charge < -0.3 is 4.98 Å². The third-order valence-corrected chi connectivity index (χ3v) is 4.84. The van der Waals surface area contributed by atoms with Crippen LogP contribution in [0.5, 0.6) is 0 Å². The van der Waals surface area contributed by atoms with E-state index in [1.165, 1.54) is 0 Å². The van der Waals surface area contributed by atoms with E-state index in [9.17, 15) is 0 Å². The fourth-order valence-corrected chi connectivity index (χ4v) is 3.46. The number of halogens is 3. The monoisotopic (exact) mass is 398 g/mol. The van der Waals surface area contributed by atoms with Gasteiger partial charge in [-0.2, -0.15) is 0 Å². The molecule has 0 radical (unpaired) electrons. The Kier molecular flexibility index (Phi) is 4.73. The highest BCUT2D eigenvalue weighted by Crippen LogP contribution is 2.36. The first-order valence-corrected chi connectivity index (χ1v) is 9.12. The fraction of sp³-hybridized carbons (Fsp3) is 0. The number of imidazole rings is 1. The molecule has 1 heterocycles. The summed E-state index contributed by atoms with van der Waals surface area (Å²) in [6, 6.07) is 22.9. The van der Waals surface area contributed by atoms with Crippen LogP contribution in [0.25, 0.3) is 33.9 Å². The number of hydrogen-bond donors (Lipinski definition) is 1. The van der Waals surface area contributed by atoms with Gasteiger partial charge in [-0.1, -0.05) is 71.2 Å². The first-order chi connectivity index (χ1) is 12.6. The molecule has 0 bridgehead atoms. The van der Waals surface area contributed by atoms with Crippen molar-refractivity contribution in [2.45, 2.75) is 0 Å². The molecule has 128 valence electrons. The van der Waals surface area contributed by atoms with E-state index in [0.717, 1.165) is 28.1 Å². The van der Waals surface area contributed by atoms with Crippen molar-refractivity contribution in [2.24, 2.45) is 0 Å². The van der Waals surface area contributed by atoms with Crippen LogP contribution in [0.15, 0.2) is 72.8 Å². The van der Waals surface area contributed by atoms with Gasteiger partial charge in [-0.3, -0.25) is 0 Å². The smallest absolute Gasteiger partial charge is 0.140 e. The van der Waals surface area contributed by atoms with Crippen molar-refractivity contribution in [3.63, 3.8) is 0 Å². The number of benzene rings is 3. The zero-order valence-electron chi connectivity index (χ0n) is 13.5. The SMILES string of the molecule is Clc1cccc(-c2nc(-c3ccccc3Cl)[nH]c2-c2cccc(Cl)c2)c1. The van der Waals surface area contributed by atoms with Crippen molar-refractivity contribution in [3.05, 3.63) is 87.9 Å². The normalized spacial score (nSPS) is 10.9. The van der Waals surface area contributed by atoms with Crippen LogP contribution in [0.1, 0.15) is 0 Å². The Morgan fingerprint density at radius 1 is 0.692 bits per heavy atom. The minimum absolute atomic E-state index is 0.636. The molecule has 0 aliphatic heterocycles. The molecule has 3 aromatic carbocycles. The van der Waals surface area contributed by atoms with E-state index < -0.39 is 0 Å². The van der Waals surface area contributed by atoms with Crippen LogP contribution in [0.2, 0.25) is 15.1 Å². The minimum Gasteiger partial charge on any atom is -0.337 e. The van der Waals surface area contributed by atoms with E-state index in [0.29, 0.717) is 20.9 Å². The first-order valence-electron chi connectivity index (χ1n) is 7.98. The average molecular weight is 400 g/mol. The molecule has 0 saturated carbocycles. The highest BCUT2D eigenvalue weighted by Gasteiger charge is 2.17. The summed E-state index contributed by atoms with van der Waals surface area (Å²) in [6.07, 6.45) is 0. The number of hydrogen-bond acceptors (Lipinski definition) is 1. The van der Waals surface area contributed by atoms with Gasteiger partial charge in [0, 0.05) is 26.7 Å². The standard InChI is InChI=1S/C21H13Cl3N2/c22-15-7-3-5-13(11-15)19-20(14-6-4-8-16(23)12-14)26-21(25-19)17-9-1-2-10-18(17)24/h1-12H,(H,25,26). The second-order valence-corrected chi connectivity index (χ2v) is 7.09. The van der Waals surface area contributed by atoms with Crippen molar-refractivity contribution in [3.8, 4) is 33.9 Å². The lowest BCUT2D eigenvalue weighted by atomic mass is 10.1. The summed E-state index contributed by atoms with van der Waals surface area (Å²) in [6.45, 7) is 0. The minimum atomic E-state index is 0.636. The van der Waals surface area contributed by atoms with Gasteiger partial charge in [-0.05, 0) is 36.4 Å². The largest absolute Gasteiger partial charge is 0.337 e. The van der Waals surface area contributed by atoms with E-state index in [4.69, 9.17) is 39.8 Å². The molecule has 5 heteroatoms. The van der Waals surface area contributed by atoms with Crippen molar-refractivity contribution in [1.82, 2.24) is 9.97 Å². The number of nitrogens with zero attached hydrogens (tertiary/aromatic N) is 1. The van der Waals surface area contributed by atoms with Gasteiger partial charge in [0.15, 0.2) is 0 Å². The van der Waals surface area contributed by atoms with Crippen LogP contribution < -0.4 is 0 Å². The van der Waals surface area contributed by atoms with Crippen LogP contribution in [0.3, 0.4) is 0 Å². The van der Waals surface area contributed by atoms with E-state index >= 15 is 0 Å². The maximum absolute atomic E-state index is 6.36. The van der Waals surface area contributed by atoms with Crippen LogP contribution in [0, 0.1) is 0 Å². The second kappa shape index (κ2) is 7.16. The molecule has 0 unspecified atom stereocenters. The zero-order valence-corrected chi connectivity index (χ0v) is 15.8. The van der Waals surface area contributed by atoms with Crippen molar-refractivity contribution < 1.29 is 0 Å².